The van der Waals surface area contributed by atoms with Gasteiger partial charge < -0.3 is 15.5 Å². The Hall–Kier alpha value is -0.890. The average molecular weight is 420 g/mol. The standard InChI is InChI=1S/C16H25FN4.HI/c1-4-18-16(20-14-9-10-14)19-11-15(21(2)3)12-5-7-13(17)8-6-12;/h5-8,14-15H,4,9-11H2,1-3H3,(H2,18,19,20);1H. The maximum Gasteiger partial charge on any atom is 0.191 e. The van der Waals surface area contributed by atoms with Crippen LogP contribution >= 0.6 is 24.0 Å². The summed E-state index contributed by atoms with van der Waals surface area (Å²) in [4.78, 5) is 6.78. The summed E-state index contributed by atoms with van der Waals surface area (Å²) in [6.45, 7) is 3.55. The van der Waals surface area contributed by atoms with Crippen molar-refractivity contribution in [3.63, 3.8) is 0 Å². The summed E-state index contributed by atoms with van der Waals surface area (Å²) < 4.78 is 13.1. The molecular weight excluding hydrogens is 394 g/mol. The molecule has 2 rings (SSSR count). The molecule has 0 spiro atoms. The second kappa shape index (κ2) is 9.29. The van der Waals surface area contributed by atoms with Gasteiger partial charge in [-0.25, -0.2) is 4.39 Å². The summed E-state index contributed by atoms with van der Waals surface area (Å²) in [5.74, 6) is 0.664. The van der Waals surface area contributed by atoms with E-state index in [0.717, 1.165) is 18.1 Å². The SMILES string of the molecule is CCNC(=NCC(c1ccc(F)cc1)N(C)C)NC1CC1.I. The highest BCUT2D eigenvalue weighted by atomic mass is 127. The number of benzene rings is 1. The fourth-order valence-corrected chi connectivity index (χ4v) is 2.17. The number of nitrogens with zero attached hydrogens (tertiary/aromatic N) is 2. The van der Waals surface area contributed by atoms with Crippen LogP contribution in [0.1, 0.15) is 31.4 Å². The normalized spacial score (nSPS) is 16.1. The van der Waals surface area contributed by atoms with Gasteiger partial charge in [-0.05, 0) is 51.6 Å². The molecule has 1 unspecified atom stereocenters. The smallest absolute Gasteiger partial charge is 0.191 e. The van der Waals surface area contributed by atoms with E-state index in [9.17, 15) is 4.39 Å². The number of halogens is 2. The Morgan fingerprint density at radius 2 is 1.95 bits per heavy atom. The molecule has 124 valence electrons. The predicted octanol–water partition coefficient (Wildman–Crippen LogP) is 2.76. The zero-order valence-corrected chi connectivity index (χ0v) is 15.8. The maximum absolute atomic E-state index is 13.1. The highest BCUT2D eigenvalue weighted by Gasteiger charge is 2.22. The van der Waals surface area contributed by atoms with Gasteiger partial charge in [-0.2, -0.15) is 0 Å². The molecule has 0 saturated heterocycles. The Bertz CT molecular complexity index is 472. The fourth-order valence-electron chi connectivity index (χ4n) is 2.17. The van der Waals surface area contributed by atoms with Crippen LogP contribution in [0.5, 0.6) is 0 Å². The third kappa shape index (κ3) is 6.08. The summed E-state index contributed by atoms with van der Waals surface area (Å²) in [7, 11) is 4.04. The molecular formula is C16H26FIN4. The first-order valence-electron chi connectivity index (χ1n) is 7.57. The number of hydrogen-bond acceptors (Lipinski definition) is 2. The van der Waals surface area contributed by atoms with Gasteiger partial charge in [0.05, 0.1) is 12.6 Å². The zero-order valence-electron chi connectivity index (χ0n) is 13.5. The van der Waals surface area contributed by atoms with Crippen molar-refractivity contribution < 1.29 is 4.39 Å². The highest BCUT2D eigenvalue weighted by Crippen LogP contribution is 2.20. The van der Waals surface area contributed by atoms with Crippen LogP contribution in [0.15, 0.2) is 29.3 Å². The van der Waals surface area contributed by atoms with Gasteiger partial charge in [-0.1, -0.05) is 12.1 Å². The van der Waals surface area contributed by atoms with Crippen molar-refractivity contribution in [2.75, 3.05) is 27.2 Å². The van der Waals surface area contributed by atoms with E-state index in [0.29, 0.717) is 12.6 Å². The first kappa shape index (κ1) is 19.2. The molecule has 0 aliphatic heterocycles. The first-order valence-corrected chi connectivity index (χ1v) is 7.57. The van der Waals surface area contributed by atoms with Crippen LogP contribution in [0, 0.1) is 5.82 Å². The lowest BCUT2D eigenvalue weighted by molar-refractivity contribution is 0.306. The van der Waals surface area contributed by atoms with E-state index in [-0.39, 0.29) is 35.8 Å². The van der Waals surface area contributed by atoms with Crippen LogP contribution < -0.4 is 10.6 Å². The quantitative estimate of drug-likeness (QED) is 0.423. The van der Waals surface area contributed by atoms with Crippen LogP contribution in [0.25, 0.3) is 0 Å². The van der Waals surface area contributed by atoms with Gasteiger partial charge in [0.1, 0.15) is 5.82 Å². The molecule has 1 aliphatic rings. The van der Waals surface area contributed by atoms with Crippen molar-refractivity contribution in [1.29, 1.82) is 0 Å². The Balaban J connectivity index is 0.00000242. The minimum Gasteiger partial charge on any atom is -0.357 e. The van der Waals surface area contributed by atoms with Gasteiger partial charge in [0.15, 0.2) is 5.96 Å². The molecule has 0 bridgehead atoms. The third-order valence-corrected chi connectivity index (χ3v) is 3.56. The van der Waals surface area contributed by atoms with E-state index < -0.39 is 0 Å². The molecule has 1 aliphatic carbocycles. The predicted molar refractivity (Wildman–Crippen MR) is 100 cm³/mol. The zero-order chi connectivity index (χ0) is 15.2. The van der Waals surface area contributed by atoms with Crippen molar-refractivity contribution >= 4 is 29.9 Å². The number of aliphatic imine (C=N–C) groups is 1. The van der Waals surface area contributed by atoms with Gasteiger partial charge in [-0.15, -0.1) is 24.0 Å². The summed E-state index contributed by atoms with van der Waals surface area (Å²) >= 11 is 0. The molecule has 2 N–H and O–H groups in total. The summed E-state index contributed by atoms with van der Waals surface area (Å²) in [6, 6.07) is 7.38. The molecule has 0 heterocycles. The molecule has 1 aromatic carbocycles. The van der Waals surface area contributed by atoms with E-state index >= 15 is 0 Å². The van der Waals surface area contributed by atoms with E-state index in [4.69, 9.17) is 0 Å². The van der Waals surface area contributed by atoms with E-state index in [1.807, 2.05) is 26.2 Å². The van der Waals surface area contributed by atoms with Gasteiger partial charge in [-0.3, -0.25) is 4.99 Å². The lowest BCUT2D eigenvalue weighted by Crippen LogP contribution is -2.39. The van der Waals surface area contributed by atoms with Gasteiger partial charge in [0.25, 0.3) is 0 Å². The lowest BCUT2D eigenvalue weighted by Gasteiger charge is -2.23. The minimum atomic E-state index is -0.205. The lowest BCUT2D eigenvalue weighted by atomic mass is 10.1. The monoisotopic (exact) mass is 420 g/mol. The Labute approximate surface area is 149 Å². The number of rotatable bonds is 6. The average Bonchev–Trinajstić information content (AvgIpc) is 3.24. The third-order valence-electron chi connectivity index (χ3n) is 3.56. The van der Waals surface area contributed by atoms with Crippen LogP contribution in [0.4, 0.5) is 4.39 Å². The van der Waals surface area contributed by atoms with E-state index in [2.05, 4.69) is 27.4 Å². The number of likely N-dealkylation sites (N-methyl/N-ethyl adjacent to an activating group) is 1. The van der Waals surface area contributed by atoms with Crippen LogP contribution in [-0.4, -0.2) is 44.1 Å². The first-order chi connectivity index (χ1) is 10.1. The van der Waals surface area contributed by atoms with E-state index in [1.165, 1.54) is 25.0 Å². The molecule has 22 heavy (non-hydrogen) atoms. The second-order valence-corrected chi connectivity index (χ2v) is 5.67. The second-order valence-electron chi connectivity index (χ2n) is 5.67. The Morgan fingerprint density at radius 1 is 1.32 bits per heavy atom. The van der Waals surface area contributed by atoms with Crippen LogP contribution in [0.3, 0.4) is 0 Å². The minimum absolute atomic E-state index is 0. The van der Waals surface area contributed by atoms with Crippen LogP contribution in [-0.2, 0) is 0 Å². The highest BCUT2D eigenvalue weighted by molar-refractivity contribution is 14.0. The number of guanidine groups is 1. The Kier molecular flexibility index (Phi) is 8.09. The molecule has 1 atom stereocenters. The van der Waals surface area contributed by atoms with Gasteiger partial charge in [0, 0.05) is 12.6 Å². The van der Waals surface area contributed by atoms with Crippen molar-refractivity contribution in [1.82, 2.24) is 15.5 Å². The van der Waals surface area contributed by atoms with Gasteiger partial charge in [0.2, 0.25) is 0 Å². The number of nitrogens with one attached hydrogen (secondary N) is 2. The fraction of sp³-hybridized carbons (Fsp3) is 0.562. The topological polar surface area (TPSA) is 39.7 Å². The summed E-state index contributed by atoms with van der Waals surface area (Å²) in [6.07, 6.45) is 2.44. The van der Waals surface area contributed by atoms with Crippen molar-refractivity contribution in [3.05, 3.63) is 35.6 Å². The molecule has 0 radical (unpaired) electrons. The van der Waals surface area contributed by atoms with Crippen molar-refractivity contribution in [2.24, 2.45) is 4.99 Å². The van der Waals surface area contributed by atoms with Gasteiger partial charge >= 0.3 is 0 Å². The van der Waals surface area contributed by atoms with Crippen molar-refractivity contribution in [2.45, 2.75) is 31.8 Å². The summed E-state index contributed by atoms with van der Waals surface area (Å²) in [5, 5.41) is 6.68. The van der Waals surface area contributed by atoms with Crippen LogP contribution in [0.2, 0.25) is 0 Å². The van der Waals surface area contributed by atoms with Crippen molar-refractivity contribution in [3.8, 4) is 0 Å². The maximum atomic E-state index is 13.1. The molecule has 4 nitrogen and oxygen atoms in total. The Morgan fingerprint density at radius 3 is 2.45 bits per heavy atom. The number of hydrogen-bond donors (Lipinski definition) is 2. The van der Waals surface area contributed by atoms with E-state index in [1.54, 1.807) is 0 Å². The summed E-state index contributed by atoms with van der Waals surface area (Å²) in [5.41, 5.74) is 1.08. The molecule has 1 fully saturated rings. The molecule has 1 aromatic rings. The molecule has 0 aromatic heterocycles. The molecule has 6 heteroatoms. The molecule has 1 saturated carbocycles. The molecule has 0 amide bonds. The largest absolute Gasteiger partial charge is 0.357 e.